The van der Waals surface area contributed by atoms with Crippen molar-refractivity contribution in [1.29, 1.82) is 0 Å². The van der Waals surface area contributed by atoms with E-state index in [0.717, 1.165) is 27.8 Å². The lowest BCUT2D eigenvalue weighted by atomic mass is 10.2. The van der Waals surface area contributed by atoms with Gasteiger partial charge in [0.1, 0.15) is 9.79 Å². The van der Waals surface area contributed by atoms with E-state index in [1.165, 1.54) is 23.9 Å². The Bertz CT molecular complexity index is 886. The molecule has 0 atom stereocenters. The molecule has 1 heterocycles. The Morgan fingerprint density at radius 2 is 1.48 bits per heavy atom. The molecule has 2 aromatic carbocycles. The van der Waals surface area contributed by atoms with Gasteiger partial charge in [-0.3, -0.25) is 20.2 Å². The second-order valence-corrected chi connectivity index (χ2v) is 7.39. The van der Waals surface area contributed by atoms with Crippen LogP contribution in [-0.4, -0.2) is 9.85 Å². The largest absolute Gasteiger partial charge is 0.285 e. The van der Waals surface area contributed by atoms with Crippen LogP contribution in [0.4, 0.5) is 11.4 Å². The van der Waals surface area contributed by atoms with Gasteiger partial charge in [0.05, 0.1) is 14.9 Å². The molecule has 0 N–H and O–H groups in total. The maximum absolute atomic E-state index is 11.3. The zero-order valence-electron chi connectivity index (χ0n) is 12.0. The number of benzene rings is 2. The topological polar surface area (TPSA) is 86.3 Å². The second-order valence-electron chi connectivity index (χ2n) is 4.94. The van der Waals surface area contributed by atoms with E-state index in [2.05, 4.69) is 0 Å². The maximum Gasteiger partial charge on any atom is 0.285 e. The molecule has 23 heavy (non-hydrogen) atoms. The first kappa shape index (κ1) is 16.1. The molecule has 1 aliphatic rings. The van der Waals surface area contributed by atoms with Gasteiger partial charge in [0, 0.05) is 21.9 Å². The van der Waals surface area contributed by atoms with Crippen LogP contribution in [0.2, 0.25) is 5.02 Å². The molecular formula is C14H9ClN2O4S2. The molecular weight excluding hydrogens is 360 g/mol. The Hall–Kier alpha value is -1.77. The number of halogens is 1. The Morgan fingerprint density at radius 3 is 2.09 bits per heavy atom. The van der Waals surface area contributed by atoms with E-state index in [4.69, 9.17) is 11.6 Å². The number of nitro benzene ring substituents is 2. The predicted octanol–water partition coefficient (Wildman–Crippen LogP) is 5.39. The number of hydrogen-bond acceptors (Lipinski definition) is 6. The van der Waals surface area contributed by atoms with Crippen LogP contribution in [0, 0.1) is 34.1 Å². The van der Waals surface area contributed by atoms with Crippen molar-refractivity contribution in [2.24, 2.45) is 0 Å². The van der Waals surface area contributed by atoms with Crippen molar-refractivity contribution in [3.8, 4) is 0 Å². The molecule has 6 nitrogen and oxygen atoms in total. The highest BCUT2D eigenvalue weighted by molar-refractivity contribution is 8.05. The van der Waals surface area contributed by atoms with Crippen molar-refractivity contribution in [2.75, 3.05) is 0 Å². The molecule has 9 heteroatoms. The quantitative estimate of drug-likeness (QED) is 0.445. The van der Waals surface area contributed by atoms with Crippen LogP contribution in [-0.2, 0) is 0 Å². The highest BCUT2D eigenvalue weighted by Gasteiger charge is 2.33. The van der Waals surface area contributed by atoms with Gasteiger partial charge in [0.2, 0.25) is 0 Å². The molecule has 0 bridgehead atoms. The van der Waals surface area contributed by atoms with Crippen molar-refractivity contribution in [3.05, 3.63) is 54.6 Å². The lowest BCUT2D eigenvalue weighted by molar-refractivity contribution is -0.388. The molecule has 3 rings (SSSR count). The fraction of sp³-hybridized carbons (Fsp3) is 0.143. The fourth-order valence-corrected chi connectivity index (χ4v) is 5.30. The molecule has 0 fully saturated rings. The van der Waals surface area contributed by atoms with Gasteiger partial charge in [-0.1, -0.05) is 41.2 Å². The molecule has 0 aliphatic carbocycles. The predicted molar refractivity (Wildman–Crippen MR) is 88.9 cm³/mol. The standard InChI is InChI=1S/C14H9ClN2O4S2/c1-6-3-4-9(16(18)19)13-11(6)22-12-7(2)8(15)5-10(17(20)21)14(12)23-13/h3-5H,1-2H3. The van der Waals surface area contributed by atoms with E-state index in [0.29, 0.717) is 19.7 Å². The minimum absolute atomic E-state index is 0.0457. The third kappa shape index (κ3) is 2.56. The molecule has 0 spiro atoms. The number of aryl methyl sites for hydroxylation is 1. The zero-order chi connectivity index (χ0) is 16.9. The second kappa shape index (κ2) is 5.70. The van der Waals surface area contributed by atoms with Crippen molar-refractivity contribution < 1.29 is 9.85 Å². The molecule has 118 valence electrons. The van der Waals surface area contributed by atoms with E-state index in [9.17, 15) is 20.2 Å². The van der Waals surface area contributed by atoms with Gasteiger partial charge in [-0.2, -0.15) is 0 Å². The molecule has 2 aromatic rings. The van der Waals surface area contributed by atoms with Gasteiger partial charge in [0.25, 0.3) is 11.4 Å². The van der Waals surface area contributed by atoms with Gasteiger partial charge in [-0.05, 0) is 25.0 Å². The summed E-state index contributed by atoms with van der Waals surface area (Å²) < 4.78 is 0. The SMILES string of the molecule is Cc1ccc([N+](=O)[O-])c2c1Sc1c(C)c(Cl)cc([N+](=O)[O-])c1S2. The summed E-state index contributed by atoms with van der Waals surface area (Å²) >= 11 is 8.47. The summed E-state index contributed by atoms with van der Waals surface area (Å²) in [4.78, 5) is 23.9. The highest BCUT2D eigenvalue weighted by atomic mass is 35.5. The minimum atomic E-state index is -0.510. The monoisotopic (exact) mass is 368 g/mol. The number of nitrogens with zero attached hydrogens (tertiary/aromatic N) is 2. The maximum atomic E-state index is 11.3. The average Bonchev–Trinajstić information content (AvgIpc) is 2.49. The summed E-state index contributed by atoms with van der Waals surface area (Å²) in [6, 6.07) is 4.42. The highest BCUT2D eigenvalue weighted by Crippen LogP contribution is 2.57. The van der Waals surface area contributed by atoms with Crippen molar-refractivity contribution in [2.45, 2.75) is 33.4 Å². The van der Waals surface area contributed by atoms with E-state index in [-0.39, 0.29) is 11.4 Å². The van der Waals surface area contributed by atoms with Crippen LogP contribution in [0.5, 0.6) is 0 Å². The van der Waals surface area contributed by atoms with Gasteiger partial charge in [0.15, 0.2) is 0 Å². The first-order chi connectivity index (χ1) is 10.8. The zero-order valence-corrected chi connectivity index (χ0v) is 14.3. The molecule has 1 aliphatic heterocycles. The van der Waals surface area contributed by atoms with Crippen molar-refractivity contribution in [3.63, 3.8) is 0 Å². The molecule has 0 radical (unpaired) electrons. The van der Waals surface area contributed by atoms with Crippen LogP contribution in [0.25, 0.3) is 0 Å². The first-order valence-electron chi connectivity index (χ1n) is 6.42. The van der Waals surface area contributed by atoms with E-state index in [1.807, 2.05) is 6.92 Å². The van der Waals surface area contributed by atoms with E-state index in [1.54, 1.807) is 13.0 Å². The Kier molecular flexibility index (Phi) is 3.99. The van der Waals surface area contributed by atoms with Gasteiger partial charge >= 0.3 is 0 Å². The van der Waals surface area contributed by atoms with Gasteiger partial charge in [-0.25, -0.2) is 0 Å². The summed E-state index contributed by atoms with van der Waals surface area (Å²) in [6.07, 6.45) is 0. The third-order valence-electron chi connectivity index (χ3n) is 3.49. The van der Waals surface area contributed by atoms with Gasteiger partial charge in [-0.15, -0.1) is 0 Å². The molecule has 0 saturated carbocycles. The van der Waals surface area contributed by atoms with Crippen molar-refractivity contribution in [1.82, 2.24) is 0 Å². The molecule has 0 unspecified atom stereocenters. The minimum Gasteiger partial charge on any atom is -0.258 e. The van der Waals surface area contributed by atoms with Crippen LogP contribution in [0.1, 0.15) is 11.1 Å². The molecule has 0 aromatic heterocycles. The fourth-order valence-electron chi connectivity index (χ4n) is 2.27. The third-order valence-corrected chi connectivity index (χ3v) is 6.82. The number of fused-ring (bicyclic) bond motifs is 2. The number of hydrogen-bond donors (Lipinski definition) is 0. The summed E-state index contributed by atoms with van der Waals surface area (Å²) in [5.41, 5.74) is 1.45. The van der Waals surface area contributed by atoms with Crippen LogP contribution in [0.3, 0.4) is 0 Å². The lowest BCUT2D eigenvalue weighted by Gasteiger charge is -2.21. The van der Waals surface area contributed by atoms with Crippen LogP contribution < -0.4 is 0 Å². The molecule has 0 amide bonds. The Labute approximate surface area is 144 Å². The summed E-state index contributed by atoms with van der Waals surface area (Å²) in [5.74, 6) is 0. The molecule has 0 saturated heterocycles. The average molecular weight is 369 g/mol. The number of rotatable bonds is 2. The Balaban J connectivity index is 2.30. The van der Waals surface area contributed by atoms with Crippen LogP contribution >= 0.6 is 35.1 Å². The lowest BCUT2D eigenvalue weighted by Crippen LogP contribution is -2.02. The smallest absolute Gasteiger partial charge is 0.258 e. The van der Waals surface area contributed by atoms with Crippen molar-refractivity contribution >= 4 is 46.5 Å². The van der Waals surface area contributed by atoms with E-state index >= 15 is 0 Å². The summed E-state index contributed by atoms with van der Waals surface area (Å²) in [6.45, 7) is 3.64. The Morgan fingerprint density at radius 1 is 0.913 bits per heavy atom. The number of nitro groups is 2. The normalized spacial score (nSPS) is 12.5. The van der Waals surface area contributed by atoms with E-state index < -0.39 is 9.85 Å². The first-order valence-corrected chi connectivity index (χ1v) is 8.43. The summed E-state index contributed by atoms with van der Waals surface area (Å²) in [5, 5.41) is 22.9. The summed E-state index contributed by atoms with van der Waals surface area (Å²) in [7, 11) is 0. The van der Waals surface area contributed by atoms with Crippen LogP contribution in [0.15, 0.2) is 37.8 Å². The van der Waals surface area contributed by atoms with Gasteiger partial charge < -0.3 is 0 Å².